The van der Waals surface area contributed by atoms with Gasteiger partial charge in [-0.25, -0.2) is 9.37 Å². The third kappa shape index (κ3) is 4.50. The van der Waals surface area contributed by atoms with E-state index in [1.807, 2.05) is 10.9 Å². The molecule has 3 heterocycles. The van der Waals surface area contributed by atoms with E-state index in [1.54, 1.807) is 24.5 Å². The molecular weight excluding hydrogens is 393 g/mol. The standard InChI is InChI=1S/C24H26FN5O/c25-20-8-6-18(7-9-20)13-30-15-19-14-29(16-22(19)28-30)24-12-26-11-21(27-24)23(31)10-17-4-2-1-3-5-17/h6-9,11-12,15,17H,1-5,10,13-14,16H2. The molecule has 0 spiro atoms. The van der Waals surface area contributed by atoms with Crippen LogP contribution in [-0.4, -0.2) is 25.5 Å². The van der Waals surface area contributed by atoms with Crippen molar-refractivity contribution in [3.05, 3.63) is 71.2 Å². The van der Waals surface area contributed by atoms with E-state index in [-0.39, 0.29) is 11.6 Å². The zero-order valence-electron chi connectivity index (χ0n) is 17.5. The average molecular weight is 420 g/mol. The third-order valence-electron chi connectivity index (χ3n) is 6.31. The second-order valence-corrected chi connectivity index (χ2v) is 8.67. The van der Waals surface area contributed by atoms with E-state index in [1.165, 1.54) is 31.4 Å². The summed E-state index contributed by atoms with van der Waals surface area (Å²) < 4.78 is 15.0. The van der Waals surface area contributed by atoms with Crippen molar-refractivity contribution >= 4 is 11.6 Å². The lowest BCUT2D eigenvalue weighted by atomic mass is 9.85. The van der Waals surface area contributed by atoms with Crippen LogP contribution in [0.4, 0.5) is 10.2 Å². The van der Waals surface area contributed by atoms with E-state index in [0.717, 1.165) is 35.5 Å². The maximum Gasteiger partial charge on any atom is 0.183 e. The topological polar surface area (TPSA) is 63.9 Å². The highest BCUT2D eigenvalue weighted by molar-refractivity contribution is 5.94. The van der Waals surface area contributed by atoms with Gasteiger partial charge in [-0.05, 0) is 23.6 Å². The van der Waals surface area contributed by atoms with E-state index in [9.17, 15) is 9.18 Å². The summed E-state index contributed by atoms with van der Waals surface area (Å²) in [5, 5.41) is 4.69. The first-order valence-corrected chi connectivity index (χ1v) is 11.0. The number of halogens is 1. The van der Waals surface area contributed by atoms with Crippen LogP contribution in [-0.2, 0) is 19.6 Å². The molecule has 0 N–H and O–H groups in total. The molecule has 0 saturated heterocycles. The van der Waals surface area contributed by atoms with Gasteiger partial charge in [0.2, 0.25) is 0 Å². The molecule has 1 aromatic carbocycles. The van der Waals surface area contributed by atoms with E-state index in [2.05, 4.69) is 20.0 Å². The molecule has 160 valence electrons. The van der Waals surface area contributed by atoms with Crippen molar-refractivity contribution in [1.29, 1.82) is 0 Å². The van der Waals surface area contributed by atoms with Gasteiger partial charge in [-0.15, -0.1) is 0 Å². The molecule has 0 unspecified atom stereocenters. The van der Waals surface area contributed by atoms with E-state index >= 15 is 0 Å². The minimum atomic E-state index is -0.233. The molecule has 3 aromatic rings. The fourth-order valence-electron chi connectivity index (χ4n) is 4.63. The van der Waals surface area contributed by atoms with Crippen LogP contribution in [0, 0.1) is 11.7 Å². The van der Waals surface area contributed by atoms with Crippen LogP contribution < -0.4 is 4.90 Å². The summed E-state index contributed by atoms with van der Waals surface area (Å²) >= 11 is 0. The predicted molar refractivity (Wildman–Crippen MR) is 115 cm³/mol. The third-order valence-corrected chi connectivity index (χ3v) is 6.31. The molecule has 0 atom stereocenters. The molecule has 1 aliphatic carbocycles. The number of aromatic nitrogens is 4. The number of carbonyl (C=O) groups is 1. The molecule has 0 radical (unpaired) electrons. The molecule has 0 amide bonds. The number of ketones is 1. The van der Waals surface area contributed by atoms with Gasteiger partial charge in [0.1, 0.15) is 17.3 Å². The van der Waals surface area contributed by atoms with Gasteiger partial charge in [-0.1, -0.05) is 44.2 Å². The van der Waals surface area contributed by atoms with Crippen LogP contribution in [0.15, 0.2) is 42.9 Å². The maximum absolute atomic E-state index is 13.1. The van der Waals surface area contributed by atoms with Crippen molar-refractivity contribution in [2.75, 3.05) is 4.90 Å². The fraction of sp³-hybridized carbons (Fsp3) is 0.417. The molecule has 1 saturated carbocycles. The van der Waals surface area contributed by atoms with Crippen molar-refractivity contribution in [3.63, 3.8) is 0 Å². The zero-order chi connectivity index (χ0) is 21.2. The van der Waals surface area contributed by atoms with Crippen LogP contribution in [0.5, 0.6) is 0 Å². The van der Waals surface area contributed by atoms with Gasteiger partial charge in [0.05, 0.1) is 31.2 Å². The normalized spacial score (nSPS) is 16.5. The summed E-state index contributed by atoms with van der Waals surface area (Å²) in [6.45, 7) is 1.94. The fourth-order valence-corrected chi connectivity index (χ4v) is 4.63. The summed E-state index contributed by atoms with van der Waals surface area (Å²) in [4.78, 5) is 23.7. The second-order valence-electron chi connectivity index (χ2n) is 8.67. The summed E-state index contributed by atoms with van der Waals surface area (Å²) in [5.41, 5.74) is 3.62. The second kappa shape index (κ2) is 8.57. The van der Waals surface area contributed by atoms with Crippen molar-refractivity contribution in [2.24, 2.45) is 5.92 Å². The quantitative estimate of drug-likeness (QED) is 0.549. The first-order valence-electron chi connectivity index (χ1n) is 11.0. The Morgan fingerprint density at radius 3 is 2.65 bits per heavy atom. The molecule has 7 heteroatoms. The number of hydrogen-bond donors (Lipinski definition) is 0. The monoisotopic (exact) mass is 419 g/mol. The number of rotatable bonds is 6. The number of carbonyl (C=O) groups excluding carboxylic acids is 1. The van der Waals surface area contributed by atoms with Gasteiger partial charge in [0.15, 0.2) is 5.78 Å². The first kappa shape index (κ1) is 19.8. The van der Waals surface area contributed by atoms with Gasteiger partial charge < -0.3 is 4.90 Å². The average Bonchev–Trinajstić information content (AvgIpc) is 3.35. The van der Waals surface area contributed by atoms with Gasteiger partial charge in [-0.2, -0.15) is 5.10 Å². The van der Waals surface area contributed by atoms with E-state index < -0.39 is 0 Å². The minimum absolute atomic E-state index is 0.0997. The predicted octanol–water partition coefficient (Wildman–Crippen LogP) is 4.53. The molecule has 1 fully saturated rings. The van der Waals surface area contributed by atoms with Gasteiger partial charge in [-0.3, -0.25) is 14.5 Å². The van der Waals surface area contributed by atoms with Crippen LogP contribution in [0.3, 0.4) is 0 Å². The molecule has 1 aliphatic heterocycles. The maximum atomic E-state index is 13.1. The first-order chi connectivity index (χ1) is 15.1. The number of nitrogens with zero attached hydrogens (tertiary/aromatic N) is 5. The number of Topliss-reactive ketones (excluding diaryl/α,β-unsaturated/α-hetero) is 1. The molecule has 6 nitrogen and oxygen atoms in total. The van der Waals surface area contributed by atoms with Crippen molar-refractivity contribution in [2.45, 2.75) is 58.2 Å². The number of benzene rings is 1. The summed E-state index contributed by atoms with van der Waals surface area (Å²) in [5.74, 6) is 1.08. The van der Waals surface area contributed by atoms with E-state index in [0.29, 0.717) is 37.7 Å². The van der Waals surface area contributed by atoms with Gasteiger partial charge >= 0.3 is 0 Å². The molecule has 2 aromatic heterocycles. The lowest BCUT2D eigenvalue weighted by Crippen LogP contribution is -2.20. The highest BCUT2D eigenvalue weighted by Crippen LogP contribution is 2.29. The van der Waals surface area contributed by atoms with Crippen molar-refractivity contribution in [1.82, 2.24) is 19.7 Å². The minimum Gasteiger partial charge on any atom is -0.345 e. The molecule has 0 bridgehead atoms. The Kier molecular flexibility index (Phi) is 5.49. The van der Waals surface area contributed by atoms with Crippen molar-refractivity contribution < 1.29 is 9.18 Å². The highest BCUT2D eigenvalue weighted by Gasteiger charge is 2.25. The summed E-state index contributed by atoms with van der Waals surface area (Å²) in [6.07, 6.45) is 12.0. The van der Waals surface area contributed by atoms with Crippen LogP contribution in [0.25, 0.3) is 0 Å². The molecule has 5 rings (SSSR count). The Labute approximate surface area is 181 Å². The zero-order valence-corrected chi connectivity index (χ0v) is 17.5. The summed E-state index contributed by atoms with van der Waals surface area (Å²) in [6, 6.07) is 6.49. The molecular formula is C24H26FN5O. The smallest absolute Gasteiger partial charge is 0.183 e. The lowest BCUT2D eigenvalue weighted by molar-refractivity contribution is 0.0945. The Bertz CT molecular complexity index is 1050. The van der Waals surface area contributed by atoms with E-state index in [4.69, 9.17) is 0 Å². The molecule has 31 heavy (non-hydrogen) atoms. The highest BCUT2D eigenvalue weighted by atomic mass is 19.1. The van der Waals surface area contributed by atoms with Crippen molar-refractivity contribution in [3.8, 4) is 0 Å². The lowest BCUT2D eigenvalue weighted by Gasteiger charge is -2.21. The van der Waals surface area contributed by atoms with Crippen LogP contribution >= 0.6 is 0 Å². The Hall–Kier alpha value is -3.09. The summed E-state index contributed by atoms with van der Waals surface area (Å²) in [7, 11) is 0. The Morgan fingerprint density at radius 2 is 1.87 bits per heavy atom. The number of fused-ring (bicyclic) bond motifs is 1. The van der Waals surface area contributed by atoms with Gasteiger partial charge in [0.25, 0.3) is 0 Å². The SMILES string of the molecule is O=C(CC1CCCCC1)c1cncc(N2Cc3cn(Cc4ccc(F)cc4)nc3C2)n1. The molecule has 2 aliphatic rings. The number of hydrogen-bond acceptors (Lipinski definition) is 5. The van der Waals surface area contributed by atoms with Gasteiger partial charge in [0, 0.05) is 24.7 Å². The Morgan fingerprint density at radius 1 is 1.06 bits per heavy atom. The van der Waals surface area contributed by atoms with Crippen LogP contribution in [0.2, 0.25) is 0 Å². The largest absolute Gasteiger partial charge is 0.345 e. The number of anilines is 1. The van der Waals surface area contributed by atoms with Crippen LogP contribution in [0.1, 0.15) is 65.8 Å². The Balaban J connectivity index is 1.23.